The van der Waals surface area contributed by atoms with E-state index in [0.29, 0.717) is 6.61 Å². The van der Waals surface area contributed by atoms with E-state index >= 15 is 0 Å². The molecule has 2 aliphatic rings. The molecule has 6 nitrogen and oxygen atoms in total. The highest BCUT2D eigenvalue weighted by Gasteiger charge is 2.48. The Morgan fingerprint density at radius 2 is 1.40 bits per heavy atom. The summed E-state index contributed by atoms with van der Waals surface area (Å²) in [5.74, 6) is 0. The molecule has 0 radical (unpaired) electrons. The molecular formula is C24H30O6. The number of ether oxygens (including phenoxy) is 4. The van der Waals surface area contributed by atoms with E-state index in [0.717, 1.165) is 24.0 Å². The molecule has 2 N–H and O–H groups in total. The maximum atomic E-state index is 10.4. The molecule has 0 aromatic heterocycles. The number of hydrogen-bond acceptors (Lipinski definition) is 6. The second kappa shape index (κ2) is 9.56. The van der Waals surface area contributed by atoms with Crippen molar-refractivity contribution in [2.45, 2.75) is 63.7 Å². The van der Waals surface area contributed by atoms with Crippen molar-refractivity contribution in [3.05, 3.63) is 70.8 Å². The van der Waals surface area contributed by atoms with E-state index in [4.69, 9.17) is 18.9 Å². The highest BCUT2D eigenvalue weighted by molar-refractivity contribution is 5.25. The molecule has 0 spiro atoms. The molecule has 0 amide bonds. The van der Waals surface area contributed by atoms with Gasteiger partial charge in [-0.15, -0.1) is 0 Å². The third-order valence-corrected chi connectivity index (χ3v) is 5.85. The number of aliphatic hydroxyl groups excluding tert-OH is 2. The Morgan fingerprint density at radius 1 is 0.833 bits per heavy atom. The monoisotopic (exact) mass is 414 g/mol. The minimum Gasteiger partial charge on any atom is -0.394 e. The number of hydrogen-bond donors (Lipinski definition) is 2. The fraction of sp³-hybridized carbons (Fsp3) is 0.500. The molecule has 0 bridgehead atoms. The van der Waals surface area contributed by atoms with Crippen molar-refractivity contribution >= 4 is 0 Å². The zero-order chi connectivity index (χ0) is 21.1. The highest BCUT2D eigenvalue weighted by atomic mass is 16.8. The van der Waals surface area contributed by atoms with Crippen LogP contribution in [0.3, 0.4) is 0 Å². The lowest BCUT2D eigenvalue weighted by Crippen LogP contribution is -2.58. The standard InChI is InChI=1S/C24H30O6/c1-3-15-5-9-17(10-6-15)23-27-14-20-22(30-23)21(19(26)13-25)29-24(28-20)18-11-7-16(4-2)8-12-18/h5-12,19-26H,3-4,13-14H2,1-2H3. The third-order valence-electron chi connectivity index (χ3n) is 5.85. The van der Waals surface area contributed by atoms with Gasteiger partial charge >= 0.3 is 0 Å². The van der Waals surface area contributed by atoms with Crippen LogP contribution in [0.15, 0.2) is 48.5 Å². The summed E-state index contributed by atoms with van der Waals surface area (Å²) in [5, 5.41) is 20.0. The summed E-state index contributed by atoms with van der Waals surface area (Å²) in [6.45, 7) is 4.10. The molecule has 0 saturated carbocycles. The SMILES string of the molecule is CCc1ccc(C2OC3COC(c4ccc(CC)cc4)OC3C(C(O)CO)O2)cc1. The molecule has 2 heterocycles. The van der Waals surface area contributed by atoms with Gasteiger partial charge in [-0.05, 0) is 24.0 Å². The van der Waals surface area contributed by atoms with Crippen LogP contribution in [0.1, 0.15) is 48.7 Å². The summed E-state index contributed by atoms with van der Waals surface area (Å²) in [7, 11) is 0. The third kappa shape index (κ3) is 4.44. The van der Waals surface area contributed by atoms with Gasteiger partial charge in [0.25, 0.3) is 0 Å². The summed E-state index contributed by atoms with van der Waals surface area (Å²) in [4.78, 5) is 0. The van der Waals surface area contributed by atoms with Crippen LogP contribution in [0.25, 0.3) is 0 Å². The largest absolute Gasteiger partial charge is 0.394 e. The van der Waals surface area contributed by atoms with Crippen molar-refractivity contribution in [1.29, 1.82) is 0 Å². The Bertz CT molecular complexity index is 803. The lowest BCUT2D eigenvalue weighted by molar-refractivity contribution is -0.373. The number of aryl methyl sites for hydroxylation is 2. The Morgan fingerprint density at radius 3 is 1.93 bits per heavy atom. The van der Waals surface area contributed by atoms with Crippen LogP contribution in [-0.4, -0.2) is 47.8 Å². The van der Waals surface area contributed by atoms with E-state index in [-0.39, 0.29) is 0 Å². The molecule has 2 aromatic rings. The van der Waals surface area contributed by atoms with Crippen LogP contribution < -0.4 is 0 Å². The van der Waals surface area contributed by atoms with Gasteiger partial charge in [0.05, 0.1) is 13.2 Å². The first kappa shape index (κ1) is 21.4. The van der Waals surface area contributed by atoms with Crippen LogP contribution in [0.2, 0.25) is 0 Å². The Kier molecular flexibility index (Phi) is 6.83. The van der Waals surface area contributed by atoms with E-state index in [2.05, 4.69) is 26.0 Å². The van der Waals surface area contributed by atoms with Crippen LogP contribution in [0, 0.1) is 0 Å². The van der Waals surface area contributed by atoms with Crippen LogP contribution in [0.4, 0.5) is 0 Å². The van der Waals surface area contributed by atoms with E-state index in [1.165, 1.54) is 11.1 Å². The summed E-state index contributed by atoms with van der Waals surface area (Å²) >= 11 is 0. The van der Waals surface area contributed by atoms with Gasteiger partial charge in [0, 0.05) is 11.1 Å². The van der Waals surface area contributed by atoms with Gasteiger partial charge in [-0.1, -0.05) is 62.4 Å². The number of aliphatic hydroxyl groups is 2. The average molecular weight is 414 g/mol. The normalized spacial score (nSPS) is 29.9. The van der Waals surface area contributed by atoms with Crippen molar-refractivity contribution in [1.82, 2.24) is 0 Å². The average Bonchev–Trinajstić information content (AvgIpc) is 2.82. The minimum absolute atomic E-state index is 0.312. The van der Waals surface area contributed by atoms with Crippen molar-refractivity contribution in [2.24, 2.45) is 0 Å². The van der Waals surface area contributed by atoms with Gasteiger partial charge in [0.15, 0.2) is 12.6 Å². The number of fused-ring (bicyclic) bond motifs is 1. The summed E-state index contributed by atoms with van der Waals surface area (Å²) in [5.41, 5.74) is 4.22. The molecule has 2 aromatic carbocycles. The zero-order valence-electron chi connectivity index (χ0n) is 17.4. The minimum atomic E-state index is -1.08. The van der Waals surface area contributed by atoms with Gasteiger partial charge in [-0.25, -0.2) is 0 Å². The fourth-order valence-corrected chi connectivity index (χ4v) is 3.93. The Balaban J connectivity index is 1.52. The van der Waals surface area contributed by atoms with Crippen LogP contribution >= 0.6 is 0 Å². The summed E-state index contributed by atoms with van der Waals surface area (Å²) in [6.07, 6.45) is -2.09. The molecule has 2 saturated heterocycles. The van der Waals surface area contributed by atoms with E-state index in [1.807, 2.05) is 36.4 Å². The molecule has 162 valence electrons. The second-order valence-electron chi connectivity index (χ2n) is 7.81. The highest BCUT2D eigenvalue weighted by Crippen LogP contribution is 2.39. The second-order valence-corrected chi connectivity index (χ2v) is 7.81. The first-order valence-electron chi connectivity index (χ1n) is 10.7. The predicted octanol–water partition coefficient (Wildman–Crippen LogP) is 3.06. The van der Waals surface area contributed by atoms with Crippen molar-refractivity contribution < 1.29 is 29.2 Å². The van der Waals surface area contributed by atoms with Crippen molar-refractivity contribution in [3.63, 3.8) is 0 Å². The summed E-state index contributed by atoms with van der Waals surface area (Å²) < 4.78 is 24.3. The lowest BCUT2D eigenvalue weighted by atomic mass is 9.99. The molecule has 2 fully saturated rings. The van der Waals surface area contributed by atoms with Gasteiger partial charge in [0.2, 0.25) is 0 Å². The van der Waals surface area contributed by atoms with Gasteiger partial charge in [-0.3, -0.25) is 0 Å². The van der Waals surface area contributed by atoms with Crippen molar-refractivity contribution in [3.8, 4) is 0 Å². The molecule has 2 aliphatic heterocycles. The Hall–Kier alpha value is -1.80. The van der Waals surface area contributed by atoms with E-state index < -0.39 is 43.6 Å². The lowest BCUT2D eigenvalue weighted by Gasteiger charge is -2.47. The topological polar surface area (TPSA) is 77.4 Å². The number of benzene rings is 2. The molecule has 30 heavy (non-hydrogen) atoms. The molecule has 6 atom stereocenters. The molecular weight excluding hydrogens is 384 g/mol. The smallest absolute Gasteiger partial charge is 0.184 e. The quantitative estimate of drug-likeness (QED) is 0.757. The van der Waals surface area contributed by atoms with Crippen LogP contribution in [0.5, 0.6) is 0 Å². The van der Waals surface area contributed by atoms with E-state index in [9.17, 15) is 10.2 Å². The Labute approximate surface area is 177 Å². The van der Waals surface area contributed by atoms with E-state index in [1.54, 1.807) is 0 Å². The molecule has 6 heteroatoms. The first-order valence-corrected chi connectivity index (χ1v) is 10.7. The van der Waals surface area contributed by atoms with Gasteiger partial charge in [-0.2, -0.15) is 0 Å². The summed E-state index contributed by atoms with van der Waals surface area (Å²) in [6, 6.07) is 16.1. The molecule has 6 unspecified atom stereocenters. The molecule has 0 aliphatic carbocycles. The zero-order valence-corrected chi connectivity index (χ0v) is 17.4. The van der Waals surface area contributed by atoms with Gasteiger partial charge in [0.1, 0.15) is 24.4 Å². The predicted molar refractivity (Wildman–Crippen MR) is 111 cm³/mol. The first-order chi connectivity index (χ1) is 14.6. The maximum Gasteiger partial charge on any atom is 0.184 e. The van der Waals surface area contributed by atoms with Crippen LogP contribution in [-0.2, 0) is 31.8 Å². The fourth-order valence-electron chi connectivity index (χ4n) is 3.93. The van der Waals surface area contributed by atoms with Crippen molar-refractivity contribution in [2.75, 3.05) is 13.2 Å². The maximum absolute atomic E-state index is 10.4. The molecule has 4 rings (SSSR count). The van der Waals surface area contributed by atoms with Gasteiger partial charge < -0.3 is 29.2 Å². The number of rotatable bonds is 6.